The van der Waals surface area contributed by atoms with Crippen molar-refractivity contribution in [1.29, 1.82) is 0 Å². The first kappa shape index (κ1) is 20.4. The third-order valence-electron chi connectivity index (χ3n) is 5.14. The van der Waals surface area contributed by atoms with E-state index in [1.165, 1.54) is 0 Å². The Morgan fingerprint density at radius 3 is 2.50 bits per heavy atom. The molecule has 7 nitrogen and oxygen atoms in total. The fourth-order valence-corrected chi connectivity index (χ4v) is 3.80. The Morgan fingerprint density at radius 1 is 1.10 bits per heavy atom. The van der Waals surface area contributed by atoms with Crippen molar-refractivity contribution in [2.24, 2.45) is 0 Å². The van der Waals surface area contributed by atoms with Crippen molar-refractivity contribution in [3.8, 4) is 5.69 Å². The summed E-state index contributed by atoms with van der Waals surface area (Å²) >= 11 is 6.28. The molecule has 156 valence electrons. The highest BCUT2D eigenvalue weighted by molar-refractivity contribution is 6.32. The Hall–Kier alpha value is -2.90. The van der Waals surface area contributed by atoms with Gasteiger partial charge in [-0.2, -0.15) is 0 Å². The molecule has 1 amide bonds. The van der Waals surface area contributed by atoms with Crippen molar-refractivity contribution in [2.45, 2.75) is 13.5 Å². The van der Waals surface area contributed by atoms with Gasteiger partial charge >= 0.3 is 0 Å². The Bertz CT molecular complexity index is 1050. The third kappa shape index (κ3) is 4.17. The average Bonchev–Trinajstić information content (AvgIpc) is 3.16. The molecule has 1 fully saturated rings. The van der Waals surface area contributed by atoms with Gasteiger partial charge in [-0.1, -0.05) is 41.9 Å². The van der Waals surface area contributed by atoms with E-state index in [0.717, 1.165) is 24.3 Å². The minimum Gasteiger partial charge on any atom is -0.378 e. The maximum Gasteiger partial charge on any atom is 0.293 e. The van der Waals surface area contributed by atoms with Crippen LogP contribution >= 0.6 is 11.6 Å². The number of anilines is 1. The Kier molecular flexibility index (Phi) is 6.01. The van der Waals surface area contributed by atoms with Crippen molar-refractivity contribution in [2.75, 3.05) is 38.3 Å². The summed E-state index contributed by atoms with van der Waals surface area (Å²) in [6, 6.07) is 15.5. The van der Waals surface area contributed by atoms with Crippen LogP contribution in [0.15, 0.2) is 48.5 Å². The lowest BCUT2D eigenvalue weighted by Gasteiger charge is -2.31. The van der Waals surface area contributed by atoms with Gasteiger partial charge in [-0.05, 0) is 30.7 Å². The predicted octanol–water partition coefficient (Wildman–Crippen LogP) is 3.34. The van der Waals surface area contributed by atoms with E-state index in [1.54, 1.807) is 29.6 Å². The van der Waals surface area contributed by atoms with E-state index in [-0.39, 0.29) is 11.7 Å². The molecule has 0 unspecified atom stereocenters. The van der Waals surface area contributed by atoms with Gasteiger partial charge in [-0.25, -0.2) is 9.67 Å². The van der Waals surface area contributed by atoms with Gasteiger partial charge in [0.1, 0.15) is 5.82 Å². The number of carbonyl (C=O) groups excluding carboxylic acids is 1. The second-order valence-electron chi connectivity index (χ2n) is 7.24. The topological polar surface area (TPSA) is 63.5 Å². The number of halogens is 1. The van der Waals surface area contributed by atoms with Crippen LogP contribution in [0.1, 0.15) is 22.0 Å². The number of aryl methyl sites for hydroxylation is 1. The lowest BCUT2D eigenvalue weighted by molar-refractivity contribution is 0.0772. The number of aromatic nitrogens is 3. The molecule has 0 atom stereocenters. The molecule has 2 heterocycles. The Labute approximate surface area is 180 Å². The normalized spacial score (nSPS) is 14.0. The van der Waals surface area contributed by atoms with Gasteiger partial charge in [-0.15, -0.1) is 5.10 Å². The molecule has 3 aromatic rings. The number of morpholine rings is 1. The van der Waals surface area contributed by atoms with Crippen LogP contribution in [0.4, 0.5) is 5.69 Å². The van der Waals surface area contributed by atoms with Crippen molar-refractivity contribution in [1.82, 2.24) is 19.7 Å². The van der Waals surface area contributed by atoms with Gasteiger partial charge < -0.3 is 14.5 Å². The number of para-hydroxylation sites is 2. The van der Waals surface area contributed by atoms with Crippen molar-refractivity contribution >= 4 is 23.2 Å². The molecule has 0 spiro atoms. The lowest BCUT2D eigenvalue weighted by Crippen LogP contribution is -2.37. The fourth-order valence-electron chi connectivity index (χ4n) is 3.59. The largest absolute Gasteiger partial charge is 0.378 e. The number of ether oxygens (including phenoxy) is 1. The van der Waals surface area contributed by atoms with E-state index >= 15 is 0 Å². The zero-order valence-corrected chi connectivity index (χ0v) is 17.8. The summed E-state index contributed by atoms with van der Waals surface area (Å²) in [5.41, 5.74) is 2.91. The van der Waals surface area contributed by atoms with Crippen molar-refractivity contribution in [3.63, 3.8) is 0 Å². The zero-order chi connectivity index (χ0) is 21.1. The van der Waals surface area contributed by atoms with Crippen LogP contribution in [0, 0.1) is 6.92 Å². The number of hydrogen-bond donors (Lipinski definition) is 0. The number of carbonyl (C=O) groups is 1. The molecule has 1 aliphatic heterocycles. The second-order valence-corrected chi connectivity index (χ2v) is 7.64. The van der Waals surface area contributed by atoms with Crippen LogP contribution in [0.25, 0.3) is 5.69 Å². The first-order chi connectivity index (χ1) is 14.5. The maximum absolute atomic E-state index is 13.0. The molecule has 8 heteroatoms. The summed E-state index contributed by atoms with van der Waals surface area (Å²) in [5.74, 6) is 0.521. The van der Waals surface area contributed by atoms with Gasteiger partial charge in [0.2, 0.25) is 5.82 Å². The molecule has 0 saturated carbocycles. The van der Waals surface area contributed by atoms with Crippen LogP contribution in [0.2, 0.25) is 5.02 Å². The number of rotatable bonds is 5. The summed E-state index contributed by atoms with van der Waals surface area (Å²) in [6.45, 7) is 5.39. The molecule has 0 radical (unpaired) electrons. The highest BCUT2D eigenvalue weighted by Crippen LogP contribution is 2.24. The minimum absolute atomic E-state index is 0.152. The van der Waals surface area contributed by atoms with Crippen LogP contribution in [0.3, 0.4) is 0 Å². The molecule has 1 aliphatic rings. The lowest BCUT2D eigenvalue weighted by atomic mass is 10.1. The molecule has 2 aromatic carbocycles. The van der Waals surface area contributed by atoms with E-state index in [0.29, 0.717) is 36.3 Å². The third-order valence-corrected chi connectivity index (χ3v) is 5.46. The summed E-state index contributed by atoms with van der Waals surface area (Å²) < 4.78 is 7.06. The first-order valence-electron chi connectivity index (χ1n) is 9.89. The molecular formula is C22H24ClN5O2. The second kappa shape index (κ2) is 8.85. The highest BCUT2D eigenvalue weighted by atomic mass is 35.5. The van der Waals surface area contributed by atoms with Crippen LogP contribution in [-0.4, -0.2) is 58.9 Å². The highest BCUT2D eigenvalue weighted by Gasteiger charge is 2.22. The SMILES string of the molecule is Cc1nc(C(=O)N(C)Cc2ccccc2N2CCOCC2)nn1-c1ccccc1Cl. The molecule has 0 N–H and O–H groups in total. The molecule has 1 aromatic heterocycles. The number of amides is 1. The molecule has 1 saturated heterocycles. The molecule has 0 aliphatic carbocycles. The van der Waals surface area contributed by atoms with E-state index in [2.05, 4.69) is 27.1 Å². The first-order valence-corrected chi connectivity index (χ1v) is 10.3. The van der Waals surface area contributed by atoms with Gasteiger partial charge in [0.25, 0.3) is 5.91 Å². The summed E-state index contributed by atoms with van der Waals surface area (Å²) in [6.07, 6.45) is 0. The van der Waals surface area contributed by atoms with E-state index in [9.17, 15) is 4.79 Å². The average molecular weight is 426 g/mol. The van der Waals surface area contributed by atoms with E-state index < -0.39 is 0 Å². The fraction of sp³-hybridized carbons (Fsp3) is 0.318. The maximum atomic E-state index is 13.0. The number of hydrogen-bond acceptors (Lipinski definition) is 5. The van der Waals surface area contributed by atoms with Crippen LogP contribution in [0.5, 0.6) is 0 Å². The summed E-state index contributed by atoms with van der Waals surface area (Å²) in [4.78, 5) is 21.4. The minimum atomic E-state index is -0.235. The quantitative estimate of drug-likeness (QED) is 0.627. The standard InChI is InChI=1S/C22H24ClN5O2/c1-16-24-21(25-28(16)20-10-6-4-8-18(20)23)22(29)26(2)15-17-7-3-5-9-19(17)27-11-13-30-14-12-27/h3-10H,11-15H2,1-2H3. The zero-order valence-electron chi connectivity index (χ0n) is 17.1. The van der Waals surface area contributed by atoms with Gasteiger partial charge in [-0.3, -0.25) is 4.79 Å². The van der Waals surface area contributed by atoms with Crippen molar-refractivity contribution < 1.29 is 9.53 Å². The van der Waals surface area contributed by atoms with Gasteiger partial charge in [0.05, 0.1) is 23.9 Å². The monoisotopic (exact) mass is 425 g/mol. The summed E-state index contributed by atoms with van der Waals surface area (Å²) in [5, 5.41) is 4.97. The predicted molar refractivity (Wildman–Crippen MR) is 116 cm³/mol. The Balaban J connectivity index is 1.54. The molecule has 30 heavy (non-hydrogen) atoms. The van der Waals surface area contributed by atoms with Crippen molar-refractivity contribution in [3.05, 3.63) is 70.8 Å². The van der Waals surface area contributed by atoms with E-state index in [1.807, 2.05) is 30.3 Å². The number of benzene rings is 2. The molecule has 4 rings (SSSR count). The van der Waals surface area contributed by atoms with Gasteiger partial charge in [0, 0.05) is 32.4 Å². The Morgan fingerprint density at radius 2 is 1.77 bits per heavy atom. The van der Waals surface area contributed by atoms with E-state index in [4.69, 9.17) is 16.3 Å². The molecule has 0 bridgehead atoms. The summed E-state index contributed by atoms with van der Waals surface area (Å²) in [7, 11) is 1.77. The number of nitrogens with zero attached hydrogens (tertiary/aromatic N) is 5. The van der Waals surface area contributed by atoms with Gasteiger partial charge in [0.15, 0.2) is 0 Å². The van der Waals surface area contributed by atoms with Crippen LogP contribution < -0.4 is 4.90 Å². The molecular weight excluding hydrogens is 402 g/mol. The smallest absolute Gasteiger partial charge is 0.293 e. The van der Waals surface area contributed by atoms with Crippen LogP contribution in [-0.2, 0) is 11.3 Å².